The van der Waals surface area contributed by atoms with Gasteiger partial charge in [-0.25, -0.2) is 4.98 Å². The summed E-state index contributed by atoms with van der Waals surface area (Å²) in [5.41, 5.74) is 16.9. The van der Waals surface area contributed by atoms with Gasteiger partial charge in [0.2, 0.25) is 0 Å². The van der Waals surface area contributed by atoms with Gasteiger partial charge in [0.15, 0.2) is 0 Å². The van der Waals surface area contributed by atoms with E-state index in [1.165, 1.54) is 77.2 Å². The van der Waals surface area contributed by atoms with Crippen LogP contribution >= 0.6 is 0 Å². The standard InChI is InChI=1S/C54H38N2/c1-54(2)47-32-38(37-21-16-22-39(31-37)53-55-49-27-14-15-28-50(49)56(53)40-23-10-5-11-24-40)29-30-41(47)44-33-45-46(34-48(44)54)52(36-19-8-4-9-20-36)43-26-13-12-25-42(43)51(45)35-17-6-3-7-18-35/h3-34H,1-2H3. The summed E-state index contributed by atoms with van der Waals surface area (Å²) < 4.78 is 2.28. The first-order chi connectivity index (χ1) is 27.5. The maximum atomic E-state index is 5.17. The van der Waals surface area contributed by atoms with E-state index in [1.807, 2.05) is 0 Å². The lowest BCUT2D eigenvalue weighted by Gasteiger charge is -2.24. The van der Waals surface area contributed by atoms with Crippen molar-refractivity contribution in [2.24, 2.45) is 0 Å². The zero-order valence-corrected chi connectivity index (χ0v) is 31.4. The smallest absolute Gasteiger partial charge is 0.145 e. The molecule has 0 radical (unpaired) electrons. The Hall–Kier alpha value is -7.03. The Bertz CT molecular complexity index is 3140. The van der Waals surface area contributed by atoms with Crippen LogP contribution in [0.1, 0.15) is 25.0 Å². The SMILES string of the molecule is CC1(C)c2cc(-c3cccc(-c4nc5ccccc5n4-c4ccccc4)c3)ccc2-c2cc3c(-c4ccccc4)c4ccccc4c(-c4ccccc4)c3cc21. The fourth-order valence-electron chi connectivity index (χ4n) is 9.31. The van der Waals surface area contributed by atoms with Gasteiger partial charge in [0, 0.05) is 16.7 Å². The van der Waals surface area contributed by atoms with Crippen LogP contribution < -0.4 is 0 Å². The highest BCUT2D eigenvalue weighted by Gasteiger charge is 2.37. The highest BCUT2D eigenvalue weighted by atomic mass is 15.1. The summed E-state index contributed by atoms with van der Waals surface area (Å²) in [5.74, 6) is 0.940. The van der Waals surface area contributed by atoms with Crippen LogP contribution in [0.3, 0.4) is 0 Å². The van der Waals surface area contributed by atoms with Gasteiger partial charge >= 0.3 is 0 Å². The van der Waals surface area contributed by atoms with Crippen LogP contribution in [-0.2, 0) is 5.41 Å². The van der Waals surface area contributed by atoms with Gasteiger partial charge in [-0.2, -0.15) is 0 Å². The van der Waals surface area contributed by atoms with E-state index in [9.17, 15) is 0 Å². The topological polar surface area (TPSA) is 17.8 Å². The summed E-state index contributed by atoms with van der Waals surface area (Å²) in [5, 5.41) is 5.14. The number of hydrogen-bond donors (Lipinski definition) is 0. The monoisotopic (exact) mass is 714 g/mol. The molecule has 0 amide bonds. The molecule has 0 unspecified atom stereocenters. The fraction of sp³-hybridized carbons (Fsp3) is 0.0556. The molecule has 10 aromatic rings. The first kappa shape index (κ1) is 32.4. The lowest BCUT2D eigenvalue weighted by Crippen LogP contribution is -2.15. The summed E-state index contributed by atoms with van der Waals surface area (Å²) in [4.78, 5) is 5.17. The van der Waals surface area contributed by atoms with Gasteiger partial charge in [-0.15, -0.1) is 0 Å². The van der Waals surface area contributed by atoms with Gasteiger partial charge in [-0.3, -0.25) is 4.57 Å². The van der Waals surface area contributed by atoms with E-state index in [4.69, 9.17) is 4.98 Å². The van der Waals surface area contributed by atoms with Crippen molar-refractivity contribution in [3.63, 3.8) is 0 Å². The number of fused-ring (bicyclic) bond motifs is 6. The second-order valence-corrected chi connectivity index (χ2v) is 15.5. The Balaban J connectivity index is 1.10. The Morgan fingerprint density at radius 3 is 1.62 bits per heavy atom. The van der Waals surface area contributed by atoms with Crippen molar-refractivity contribution < 1.29 is 0 Å². The summed E-state index contributed by atoms with van der Waals surface area (Å²) in [6, 6.07) is 70.7. The summed E-state index contributed by atoms with van der Waals surface area (Å²) >= 11 is 0. The number of benzene rings is 9. The maximum Gasteiger partial charge on any atom is 0.145 e. The first-order valence-electron chi connectivity index (χ1n) is 19.5. The van der Waals surface area contributed by atoms with E-state index < -0.39 is 0 Å². The van der Waals surface area contributed by atoms with Gasteiger partial charge in [0.05, 0.1) is 11.0 Å². The molecule has 9 aromatic carbocycles. The molecule has 0 aliphatic heterocycles. The molecule has 2 nitrogen and oxygen atoms in total. The van der Waals surface area contributed by atoms with E-state index in [0.29, 0.717) is 0 Å². The quantitative estimate of drug-likeness (QED) is 0.162. The highest BCUT2D eigenvalue weighted by molar-refractivity contribution is 6.22. The number of para-hydroxylation sites is 3. The van der Waals surface area contributed by atoms with Crippen LogP contribution in [0.5, 0.6) is 0 Å². The van der Waals surface area contributed by atoms with Crippen molar-refractivity contribution in [3.8, 4) is 61.6 Å². The van der Waals surface area contributed by atoms with Crippen LogP contribution in [0.4, 0.5) is 0 Å². The molecule has 2 heteroatoms. The zero-order valence-electron chi connectivity index (χ0n) is 31.4. The van der Waals surface area contributed by atoms with Crippen LogP contribution in [0.15, 0.2) is 194 Å². The summed E-state index contributed by atoms with van der Waals surface area (Å²) in [6.45, 7) is 4.79. The third-order valence-electron chi connectivity index (χ3n) is 12.0. The molecule has 0 fully saturated rings. The average Bonchev–Trinajstić information content (AvgIpc) is 3.75. The predicted octanol–water partition coefficient (Wildman–Crippen LogP) is 14.3. The van der Waals surface area contributed by atoms with Crippen molar-refractivity contribution in [3.05, 3.63) is 205 Å². The Morgan fingerprint density at radius 2 is 0.929 bits per heavy atom. The van der Waals surface area contributed by atoms with E-state index >= 15 is 0 Å². The lowest BCUT2D eigenvalue weighted by atomic mass is 9.79. The molecule has 56 heavy (non-hydrogen) atoms. The predicted molar refractivity (Wildman–Crippen MR) is 235 cm³/mol. The fourth-order valence-corrected chi connectivity index (χ4v) is 9.31. The van der Waals surface area contributed by atoms with Gasteiger partial charge in [0.25, 0.3) is 0 Å². The molecule has 0 saturated heterocycles. The molecule has 1 aliphatic rings. The van der Waals surface area contributed by atoms with Crippen LogP contribution in [0.25, 0.3) is 94.2 Å². The van der Waals surface area contributed by atoms with E-state index in [1.54, 1.807) is 0 Å². The van der Waals surface area contributed by atoms with Crippen LogP contribution in [0, 0.1) is 0 Å². The zero-order chi connectivity index (χ0) is 37.4. The Morgan fingerprint density at radius 1 is 0.393 bits per heavy atom. The largest absolute Gasteiger partial charge is 0.292 e. The number of imidazole rings is 1. The third-order valence-corrected chi connectivity index (χ3v) is 12.0. The van der Waals surface area contributed by atoms with Crippen molar-refractivity contribution >= 4 is 32.6 Å². The second-order valence-electron chi connectivity index (χ2n) is 15.5. The third kappa shape index (κ3) is 4.92. The van der Waals surface area contributed by atoms with Crippen molar-refractivity contribution in [2.75, 3.05) is 0 Å². The van der Waals surface area contributed by atoms with Crippen molar-refractivity contribution in [2.45, 2.75) is 19.3 Å². The number of aromatic nitrogens is 2. The van der Waals surface area contributed by atoms with E-state index in [-0.39, 0.29) is 5.41 Å². The van der Waals surface area contributed by atoms with Crippen LogP contribution in [0.2, 0.25) is 0 Å². The van der Waals surface area contributed by atoms with Gasteiger partial charge in [-0.1, -0.05) is 159 Å². The minimum atomic E-state index is -0.208. The second kappa shape index (κ2) is 12.5. The molecule has 264 valence electrons. The molecule has 1 aliphatic carbocycles. The molecule has 0 atom stereocenters. The summed E-state index contributed by atoms with van der Waals surface area (Å²) in [6.07, 6.45) is 0. The number of rotatable bonds is 5. The summed E-state index contributed by atoms with van der Waals surface area (Å²) in [7, 11) is 0. The van der Waals surface area contributed by atoms with Gasteiger partial charge in [0.1, 0.15) is 5.82 Å². The molecular weight excluding hydrogens is 677 g/mol. The van der Waals surface area contributed by atoms with E-state index in [2.05, 4.69) is 213 Å². The molecular formula is C54H38N2. The normalized spacial score (nSPS) is 13.0. The molecule has 11 rings (SSSR count). The molecule has 0 N–H and O–H groups in total. The molecule has 0 spiro atoms. The highest BCUT2D eigenvalue weighted by Crippen LogP contribution is 2.54. The Kier molecular flexibility index (Phi) is 7.24. The van der Waals surface area contributed by atoms with E-state index in [0.717, 1.165) is 28.1 Å². The minimum absolute atomic E-state index is 0.208. The van der Waals surface area contributed by atoms with Gasteiger partial charge in [-0.05, 0) is 126 Å². The van der Waals surface area contributed by atoms with Gasteiger partial charge < -0.3 is 0 Å². The number of nitrogens with zero attached hydrogens (tertiary/aromatic N) is 2. The Labute approximate surface area is 327 Å². The first-order valence-corrected chi connectivity index (χ1v) is 19.5. The lowest BCUT2D eigenvalue weighted by molar-refractivity contribution is 0.661. The number of hydrogen-bond acceptors (Lipinski definition) is 1. The molecule has 1 heterocycles. The molecule has 0 saturated carbocycles. The molecule has 1 aromatic heterocycles. The maximum absolute atomic E-state index is 5.17. The average molecular weight is 715 g/mol. The van der Waals surface area contributed by atoms with Crippen molar-refractivity contribution in [1.29, 1.82) is 0 Å². The van der Waals surface area contributed by atoms with Crippen LogP contribution in [-0.4, -0.2) is 9.55 Å². The van der Waals surface area contributed by atoms with Crippen molar-refractivity contribution in [1.82, 2.24) is 9.55 Å². The minimum Gasteiger partial charge on any atom is -0.292 e. The molecule has 0 bridgehead atoms.